The fourth-order valence-electron chi connectivity index (χ4n) is 3.25. The highest BCUT2D eigenvalue weighted by atomic mass is 16.5. The van der Waals surface area contributed by atoms with Gasteiger partial charge in [0.2, 0.25) is 11.7 Å². The summed E-state index contributed by atoms with van der Waals surface area (Å²) in [7, 11) is 4.64. The molecule has 9 heteroatoms. The Kier molecular flexibility index (Phi) is 6.03. The summed E-state index contributed by atoms with van der Waals surface area (Å²) in [5.74, 6) is 1.46. The molecule has 2 aromatic rings. The van der Waals surface area contributed by atoms with Crippen LogP contribution in [0.5, 0.6) is 17.2 Å². The van der Waals surface area contributed by atoms with Crippen LogP contribution in [0.15, 0.2) is 24.4 Å². The smallest absolute Gasteiger partial charge is 0.308 e. The number of piperidine rings is 1. The van der Waals surface area contributed by atoms with E-state index in [1.54, 1.807) is 45.7 Å². The number of ether oxygens (including phenoxy) is 3. The molecule has 2 heterocycles. The molecule has 1 saturated heterocycles. The normalized spacial score (nSPS) is 16.4. The van der Waals surface area contributed by atoms with Crippen molar-refractivity contribution in [1.29, 1.82) is 0 Å². The molecule has 1 aromatic heterocycles. The summed E-state index contributed by atoms with van der Waals surface area (Å²) in [6, 6.07) is 5.31. The van der Waals surface area contributed by atoms with Gasteiger partial charge in [-0.15, -0.1) is 0 Å². The minimum atomic E-state index is -0.769. The van der Waals surface area contributed by atoms with Crippen molar-refractivity contribution in [2.24, 2.45) is 5.92 Å². The molecule has 150 valence electrons. The molecular weight excluding hydrogens is 364 g/mol. The summed E-state index contributed by atoms with van der Waals surface area (Å²) in [6.45, 7) is 1.21. The molecule has 0 spiro atoms. The Morgan fingerprint density at radius 2 is 1.93 bits per heavy atom. The lowest BCUT2D eigenvalue weighted by molar-refractivity contribution is -0.141. The van der Waals surface area contributed by atoms with Gasteiger partial charge in [0, 0.05) is 37.1 Å². The van der Waals surface area contributed by atoms with E-state index in [0.29, 0.717) is 47.7 Å². The zero-order valence-electron chi connectivity index (χ0n) is 16.1. The maximum atomic E-state index is 11.3. The van der Waals surface area contributed by atoms with Crippen LogP contribution in [-0.2, 0) is 4.79 Å². The van der Waals surface area contributed by atoms with E-state index in [2.05, 4.69) is 15.3 Å². The molecular formula is C19H24N4O5. The highest BCUT2D eigenvalue weighted by molar-refractivity contribution is 5.71. The third kappa shape index (κ3) is 4.19. The quantitative estimate of drug-likeness (QED) is 0.740. The van der Waals surface area contributed by atoms with E-state index >= 15 is 0 Å². The molecule has 0 bridgehead atoms. The first-order valence-electron chi connectivity index (χ1n) is 8.93. The lowest BCUT2D eigenvalue weighted by Gasteiger charge is -2.31. The summed E-state index contributed by atoms with van der Waals surface area (Å²) in [5, 5.41) is 12.4. The van der Waals surface area contributed by atoms with Crippen LogP contribution in [-0.4, -0.2) is 55.5 Å². The lowest BCUT2D eigenvalue weighted by Crippen LogP contribution is -2.39. The zero-order valence-corrected chi connectivity index (χ0v) is 16.1. The second-order valence-corrected chi connectivity index (χ2v) is 6.40. The minimum Gasteiger partial charge on any atom is -0.493 e. The van der Waals surface area contributed by atoms with E-state index in [1.165, 1.54) is 0 Å². The van der Waals surface area contributed by atoms with Crippen molar-refractivity contribution in [1.82, 2.24) is 9.97 Å². The number of hydrogen-bond acceptors (Lipinski definition) is 8. The largest absolute Gasteiger partial charge is 0.493 e. The fraction of sp³-hybridized carbons (Fsp3) is 0.421. The average molecular weight is 388 g/mol. The van der Waals surface area contributed by atoms with Crippen LogP contribution >= 0.6 is 0 Å². The Balaban J connectivity index is 1.82. The van der Waals surface area contributed by atoms with Crippen LogP contribution in [0.25, 0.3) is 0 Å². The molecule has 0 aliphatic carbocycles. The number of hydrogen-bond donors (Lipinski definition) is 2. The standard InChI is InChI=1S/C19H24N4O5/c1-26-14-9-13(10-15(27-2)17(14)28-3)21-19-20-7-6-16(22-19)23-8-4-5-12(11-23)18(24)25/h6-7,9-10,12H,4-5,8,11H2,1-3H3,(H,24,25)(H,20,21,22). The average Bonchev–Trinajstić information content (AvgIpc) is 2.73. The van der Waals surface area contributed by atoms with Crippen molar-refractivity contribution >= 4 is 23.4 Å². The van der Waals surface area contributed by atoms with Gasteiger partial charge in [-0.25, -0.2) is 4.98 Å². The molecule has 1 unspecified atom stereocenters. The zero-order chi connectivity index (χ0) is 20.1. The monoisotopic (exact) mass is 388 g/mol. The fourth-order valence-corrected chi connectivity index (χ4v) is 3.25. The Bertz CT molecular complexity index is 820. The number of rotatable bonds is 7. The van der Waals surface area contributed by atoms with Gasteiger partial charge in [-0.2, -0.15) is 4.98 Å². The number of methoxy groups -OCH3 is 3. The van der Waals surface area contributed by atoms with Crippen LogP contribution in [0.4, 0.5) is 17.5 Å². The van der Waals surface area contributed by atoms with Crippen LogP contribution in [0.2, 0.25) is 0 Å². The summed E-state index contributed by atoms with van der Waals surface area (Å²) in [6.07, 6.45) is 3.15. The number of anilines is 3. The van der Waals surface area contributed by atoms with Gasteiger partial charge < -0.3 is 29.5 Å². The van der Waals surface area contributed by atoms with Gasteiger partial charge in [0.25, 0.3) is 0 Å². The Morgan fingerprint density at radius 1 is 1.21 bits per heavy atom. The summed E-state index contributed by atoms with van der Waals surface area (Å²) < 4.78 is 16.0. The Morgan fingerprint density at radius 3 is 2.54 bits per heavy atom. The number of nitrogens with zero attached hydrogens (tertiary/aromatic N) is 3. The molecule has 1 aliphatic heterocycles. The predicted octanol–water partition coefficient (Wildman–Crippen LogP) is 2.55. The SMILES string of the molecule is COc1cc(Nc2nccc(N3CCCC(C(=O)O)C3)n2)cc(OC)c1OC. The van der Waals surface area contributed by atoms with Gasteiger partial charge in [0.15, 0.2) is 11.5 Å². The van der Waals surface area contributed by atoms with Gasteiger partial charge in [-0.3, -0.25) is 4.79 Å². The van der Waals surface area contributed by atoms with Crippen molar-refractivity contribution in [3.05, 3.63) is 24.4 Å². The van der Waals surface area contributed by atoms with E-state index in [9.17, 15) is 9.90 Å². The van der Waals surface area contributed by atoms with Crippen molar-refractivity contribution in [3.8, 4) is 17.2 Å². The Labute approximate surface area is 163 Å². The van der Waals surface area contributed by atoms with Crippen molar-refractivity contribution in [3.63, 3.8) is 0 Å². The second kappa shape index (κ2) is 8.64. The first-order valence-corrected chi connectivity index (χ1v) is 8.93. The number of benzene rings is 1. The lowest BCUT2D eigenvalue weighted by atomic mass is 9.98. The predicted molar refractivity (Wildman–Crippen MR) is 104 cm³/mol. The number of carboxylic acid groups (broad SMARTS) is 1. The van der Waals surface area contributed by atoms with Crippen LogP contribution in [0.3, 0.4) is 0 Å². The van der Waals surface area contributed by atoms with Gasteiger partial charge in [-0.1, -0.05) is 0 Å². The van der Waals surface area contributed by atoms with Crippen molar-refractivity contribution in [2.75, 3.05) is 44.6 Å². The van der Waals surface area contributed by atoms with E-state index in [0.717, 1.165) is 13.0 Å². The molecule has 1 aromatic carbocycles. The molecule has 1 aliphatic rings. The third-order valence-corrected chi connectivity index (χ3v) is 4.66. The third-order valence-electron chi connectivity index (χ3n) is 4.66. The van der Waals surface area contributed by atoms with Gasteiger partial charge in [0.05, 0.1) is 27.2 Å². The number of aromatic nitrogens is 2. The molecule has 9 nitrogen and oxygen atoms in total. The van der Waals surface area contributed by atoms with E-state index < -0.39 is 5.97 Å². The van der Waals surface area contributed by atoms with Crippen LogP contribution in [0, 0.1) is 5.92 Å². The van der Waals surface area contributed by atoms with E-state index in [-0.39, 0.29) is 5.92 Å². The van der Waals surface area contributed by atoms with Gasteiger partial charge in [0.1, 0.15) is 5.82 Å². The first-order chi connectivity index (χ1) is 13.5. The maximum absolute atomic E-state index is 11.3. The maximum Gasteiger partial charge on any atom is 0.308 e. The van der Waals surface area contributed by atoms with Gasteiger partial charge in [-0.05, 0) is 18.9 Å². The topological polar surface area (TPSA) is 106 Å². The number of aliphatic carboxylic acids is 1. The van der Waals surface area contributed by atoms with E-state index in [1.807, 2.05) is 4.90 Å². The number of nitrogens with one attached hydrogen (secondary N) is 1. The summed E-state index contributed by atoms with van der Waals surface area (Å²) in [5.41, 5.74) is 0.675. The number of carbonyl (C=O) groups is 1. The highest BCUT2D eigenvalue weighted by Crippen LogP contribution is 2.40. The van der Waals surface area contributed by atoms with Crippen LogP contribution < -0.4 is 24.4 Å². The van der Waals surface area contributed by atoms with Crippen molar-refractivity contribution in [2.45, 2.75) is 12.8 Å². The number of carboxylic acids is 1. The highest BCUT2D eigenvalue weighted by Gasteiger charge is 2.26. The molecule has 3 rings (SSSR count). The molecule has 0 radical (unpaired) electrons. The first kappa shape index (κ1) is 19.5. The molecule has 1 atom stereocenters. The van der Waals surface area contributed by atoms with E-state index in [4.69, 9.17) is 14.2 Å². The minimum absolute atomic E-state index is 0.379. The molecule has 0 saturated carbocycles. The summed E-state index contributed by atoms with van der Waals surface area (Å²) >= 11 is 0. The Hall–Kier alpha value is -3.23. The van der Waals surface area contributed by atoms with Gasteiger partial charge >= 0.3 is 5.97 Å². The molecule has 0 amide bonds. The summed E-state index contributed by atoms with van der Waals surface area (Å²) in [4.78, 5) is 22.1. The van der Waals surface area contributed by atoms with Crippen LogP contribution in [0.1, 0.15) is 12.8 Å². The molecule has 2 N–H and O–H groups in total. The second-order valence-electron chi connectivity index (χ2n) is 6.40. The molecule has 1 fully saturated rings. The van der Waals surface area contributed by atoms with Crippen molar-refractivity contribution < 1.29 is 24.1 Å². The molecule has 28 heavy (non-hydrogen) atoms.